The van der Waals surface area contributed by atoms with Gasteiger partial charge in [0.05, 0.1) is 12.2 Å². The Kier molecular flexibility index (Phi) is 8.43. The van der Waals surface area contributed by atoms with Gasteiger partial charge >= 0.3 is 0 Å². The van der Waals surface area contributed by atoms with Crippen LogP contribution in [0.25, 0.3) is 33.4 Å². The molecule has 0 unspecified atom stereocenters. The number of furan rings is 1. The van der Waals surface area contributed by atoms with E-state index in [4.69, 9.17) is 13.9 Å². The number of carbonyl (C=O) groups is 2. The Hall–Kier alpha value is -4.17. The maximum Gasteiger partial charge on any atom is 0.255 e. The Morgan fingerprint density at radius 2 is 1.66 bits per heavy atom. The molecule has 2 amide bonds. The number of carbonyl (C=O) groups excluding carboxylic acids is 2. The van der Waals surface area contributed by atoms with Crippen molar-refractivity contribution in [1.82, 2.24) is 10.6 Å². The topological polar surface area (TPSA) is 89.8 Å². The van der Waals surface area contributed by atoms with Crippen LogP contribution in [0, 0.1) is 11.7 Å². The standard InChI is InChI=1S/C30H31FN2O5/c1-18(2)17-33-29(34)22-13-21(14-24(15-22)37-12-11-36-4)20-7-10-26-25(16-20)27(30(35)32-3)28(38-26)19-5-8-23(31)9-6-19/h5-10,13-16,18H,11-12,17H2,1-4H3,(H,32,35)(H,33,34). The smallest absolute Gasteiger partial charge is 0.255 e. The molecular weight excluding hydrogens is 487 g/mol. The van der Waals surface area contributed by atoms with Crippen LogP contribution >= 0.6 is 0 Å². The molecule has 0 atom stereocenters. The summed E-state index contributed by atoms with van der Waals surface area (Å²) in [6, 6.07) is 16.6. The molecule has 3 aromatic carbocycles. The van der Waals surface area contributed by atoms with Crippen molar-refractivity contribution in [3.05, 3.63) is 77.6 Å². The summed E-state index contributed by atoms with van der Waals surface area (Å²) < 4.78 is 30.5. The van der Waals surface area contributed by atoms with E-state index in [1.54, 1.807) is 44.5 Å². The molecule has 0 bridgehead atoms. The van der Waals surface area contributed by atoms with E-state index in [1.165, 1.54) is 12.1 Å². The number of hydrogen-bond donors (Lipinski definition) is 2. The summed E-state index contributed by atoms with van der Waals surface area (Å²) in [5, 5.41) is 6.21. The number of fused-ring (bicyclic) bond motifs is 1. The number of halogens is 1. The molecule has 1 heterocycles. The third-order valence-electron chi connectivity index (χ3n) is 5.98. The quantitative estimate of drug-likeness (QED) is 0.264. The van der Waals surface area contributed by atoms with Crippen molar-refractivity contribution in [2.75, 3.05) is 33.9 Å². The Bertz CT molecular complexity index is 1440. The predicted molar refractivity (Wildman–Crippen MR) is 145 cm³/mol. The average Bonchev–Trinajstić information content (AvgIpc) is 3.30. The molecule has 198 valence electrons. The minimum atomic E-state index is -0.380. The fourth-order valence-electron chi connectivity index (χ4n) is 4.05. The van der Waals surface area contributed by atoms with Gasteiger partial charge in [-0.15, -0.1) is 0 Å². The van der Waals surface area contributed by atoms with Gasteiger partial charge in [-0.1, -0.05) is 19.9 Å². The minimum Gasteiger partial charge on any atom is -0.491 e. The lowest BCUT2D eigenvalue weighted by Gasteiger charge is -2.13. The van der Waals surface area contributed by atoms with Crippen LogP contribution in [0.5, 0.6) is 5.75 Å². The summed E-state index contributed by atoms with van der Waals surface area (Å²) in [5.74, 6) is 0.273. The number of methoxy groups -OCH3 is 1. The first-order valence-corrected chi connectivity index (χ1v) is 12.4. The third-order valence-corrected chi connectivity index (χ3v) is 5.98. The number of nitrogens with one attached hydrogen (secondary N) is 2. The first-order valence-electron chi connectivity index (χ1n) is 12.4. The first kappa shape index (κ1) is 26.9. The van der Waals surface area contributed by atoms with Crippen LogP contribution in [0.15, 0.2) is 65.1 Å². The third kappa shape index (κ3) is 6.03. The van der Waals surface area contributed by atoms with Gasteiger partial charge in [-0.05, 0) is 71.6 Å². The van der Waals surface area contributed by atoms with E-state index in [0.717, 1.165) is 11.1 Å². The van der Waals surface area contributed by atoms with E-state index >= 15 is 0 Å². The van der Waals surface area contributed by atoms with Crippen molar-refractivity contribution in [1.29, 1.82) is 0 Å². The first-order chi connectivity index (χ1) is 18.3. The molecular formula is C30H31FN2O5. The second-order valence-electron chi connectivity index (χ2n) is 9.29. The van der Waals surface area contributed by atoms with Crippen LogP contribution in [0.2, 0.25) is 0 Å². The van der Waals surface area contributed by atoms with E-state index < -0.39 is 0 Å². The fourth-order valence-corrected chi connectivity index (χ4v) is 4.05. The fraction of sp³-hybridized carbons (Fsp3) is 0.267. The van der Waals surface area contributed by atoms with Crippen molar-refractivity contribution in [2.24, 2.45) is 5.92 Å². The lowest BCUT2D eigenvalue weighted by molar-refractivity contribution is 0.0945. The van der Waals surface area contributed by atoms with E-state index in [-0.39, 0.29) is 17.6 Å². The molecule has 0 aliphatic carbocycles. The summed E-state index contributed by atoms with van der Waals surface area (Å²) in [5.41, 5.74) is 3.40. The number of hydrogen-bond acceptors (Lipinski definition) is 5. The monoisotopic (exact) mass is 518 g/mol. The molecule has 4 rings (SSSR count). The normalized spacial score (nSPS) is 11.1. The molecule has 0 saturated heterocycles. The van der Waals surface area contributed by atoms with Gasteiger partial charge in [-0.2, -0.15) is 0 Å². The van der Waals surface area contributed by atoms with Crippen LogP contribution in [0.4, 0.5) is 4.39 Å². The maximum absolute atomic E-state index is 13.5. The molecule has 2 N–H and O–H groups in total. The summed E-state index contributed by atoms with van der Waals surface area (Å²) in [7, 11) is 3.14. The van der Waals surface area contributed by atoms with Gasteiger partial charge in [0, 0.05) is 37.2 Å². The molecule has 0 saturated carbocycles. The van der Waals surface area contributed by atoms with Gasteiger partial charge in [0.25, 0.3) is 11.8 Å². The molecule has 8 heteroatoms. The van der Waals surface area contributed by atoms with Gasteiger partial charge < -0.3 is 24.5 Å². The van der Waals surface area contributed by atoms with Crippen molar-refractivity contribution in [2.45, 2.75) is 13.8 Å². The van der Waals surface area contributed by atoms with Crippen molar-refractivity contribution >= 4 is 22.8 Å². The highest BCUT2D eigenvalue weighted by molar-refractivity contribution is 6.12. The molecule has 4 aromatic rings. The van der Waals surface area contributed by atoms with Gasteiger partial charge in [-0.3, -0.25) is 9.59 Å². The Labute approximate surface area is 220 Å². The summed E-state index contributed by atoms with van der Waals surface area (Å²) >= 11 is 0. The van der Waals surface area contributed by atoms with Crippen molar-refractivity contribution in [3.63, 3.8) is 0 Å². The number of ether oxygens (including phenoxy) is 2. The number of amides is 2. The van der Waals surface area contributed by atoms with Crippen LogP contribution in [-0.4, -0.2) is 45.7 Å². The predicted octanol–water partition coefficient (Wildman–Crippen LogP) is 5.68. The minimum absolute atomic E-state index is 0.203. The van der Waals surface area contributed by atoms with E-state index in [0.29, 0.717) is 64.8 Å². The van der Waals surface area contributed by atoms with E-state index in [9.17, 15) is 14.0 Å². The van der Waals surface area contributed by atoms with Gasteiger partial charge in [-0.25, -0.2) is 4.39 Å². The number of benzene rings is 3. The van der Waals surface area contributed by atoms with E-state index in [1.807, 2.05) is 32.0 Å². The lowest BCUT2D eigenvalue weighted by Crippen LogP contribution is -2.27. The molecule has 0 aliphatic rings. The van der Waals surface area contributed by atoms with Crippen LogP contribution in [0.3, 0.4) is 0 Å². The number of rotatable bonds is 10. The van der Waals surface area contributed by atoms with E-state index in [2.05, 4.69) is 10.6 Å². The van der Waals surface area contributed by atoms with Gasteiger partial charge in [0.1, 0.15) is 29.5 Å². The highest BCUT2D eigenvalue weighted by Crippen LogP contribution is 2.37. The summed E-state index contributed by atoms with van der Waals surface area (Å²) in [4.78, 5) is 25.8. The zero-order chi connectivity index (χ0) is 27.2. The molecule has 0 aliphatic heterocycles. The van der Waals surface area contributed by atoms with Crippen LogP contribution in [-0.2, 0) is 4.74 Å². The largest absolute Gasteiger partial charge is 0.491 e. The lowest BCUT2D eigenvalue weighted by atomic mass is 9.98. The Morgan fingerprint density at radius 3 is 2.34 bits per heavy atom. The second kappa shape index (κ2) is 11.9. The van der Waals surface area contributed by atoms with Gasteiger partial charge in [0.2, 0.25) is 0 Å². The van der Waals surface area contributed by atoms with Crippen molar-refractivity contribution in [3.8, 4) is 28.2 Å². The molecule has 0 fully saturated rings. The molecule has 0 spiro atoms. The molecule has 38 heavy (non-hydrogen) atoms. The zero-order valence-corrected chi connectivity index (χ0v) is 21.9. The average molecular weight is 519 g/mol. The zero-order valence-electron chi connectivity index (χ0n) is 21.9. The summed E-state index contributed by atoms with van der Waals surface area (Å²) in [6.07, 6.45) is 0. The van der Waals surface area contributed by atoms with Crippen molar-refractivity contribution < 1.29 is 27.9 Å². The van der Waals surface area contributed by atoms with Crippen LogP contribution < -0.4 is 15.4 Å². The molecule has 0 radical (unpaired) electrons. The van der Waals surface area contributed by atoms with Gasteiger partial charge in [0.15, 0.2) is 0 Å². The molecule has 1 aromatic heterocycles. The van der Waals surface area contributed by atoms with Crippen LogP contribution in [0.1, 0.15) is 34.6 Å². The highest BCUT2D eigenvalue weighted by Gasteiger charge is 2.22. The Morgan fingerprint density at radius 1 is 0.921 bits per heavy atom. The Balaban J connectivity index is 1.81. The second-order valence-corrected chi connectivity index (χ2v) is 9.29. The summed E-state index contributed by atoms with van der Waals surface area (Å²) in [6.45, 7) is 5.34. The SMILES string of the molecule is CNC(=O)c1c(-c2ccc(F)cc2)oc2ccc(-c3cc(OCCOC)cc(C(=O)NCC(C)C)c3)cc12. The highest BCUT2D eigenvalue weighted by atomic mass is 19.1. The molecule has 7 nitrogen and oxygen atoms in total. The maximum atomic E-state index is 13.5.